The van der Waals surface area contributed by atoms with Gasteiger partial charge in [0.2, 0.25) is 0 Å². The zero-order valence-electron chi connectivity index (χ0n) is 58.5. The van der Waals surface area contributed by atoms with Crippen LogP contribution in [0.15, 0.2) is 382 Å². The Hall–Kier alpha value is -10.5. The van der Waals surface area contributed by atoms with Gasteiger partial charge in [0.15, 0.2) is 0 Å². The minimum atomic E-state index is -4.44. The van der Waals surface area contributed by atoms with Crippen LogP contribution in [0.25, 0.3) is 134 Å². The molecule has 16 aromatic carbocycles. The van der Waals surface area contributed by atoms with Crippen LogP contribution in [0.5, 0.6) is 0 Å². The first kappa shape index (κ1) is 73.2. The quantitative estimate of drug-likeness (QED) is 0.0514. The van der Waals surface area contributed by atoms with Crippen molar-refractivity contribution in [2.24, 2.45) is 0 Å². The third kappa shape index (κ3) is 13.3. The summed E-state index contributed by atoms with van der Waals surface area (Å²) in [5.74, 6) is 0. The molecule has 0 saturated heterocycles. The van der Waals surface area contributed by atoms with E-state index >= 15 is 0 Å². The van der Waals surface area contributed by atoms with Gasteiger partial charge in [-0.05, 0) is 149 Å². The molecule has 0 atom stereocenters. The molecule has 0 bridgehead atoms. The van der Waals surface area contributed by atoms with Crippen LogP contribution in [0.2, 0.25) is 0 Å². The molecule has 0 amide bonds. The van der Waals surface area contributed by atoms with Crippen LogP contribution in [0, 0.1) is 27.7 Å². The fourth-order valence-electron chi connectivity index (χ4n) is 16.2. The molecule has 0 aliphatic carbocycles. The first-order valence-electron chi connectivity index (χ1n) is 34.9. The molecule has 0 spiro atoms. The van der Waals surface area contributed by atoms with Crippen LogP contribution in [0.1, 0.15) is 22.3 Å². The Morgan fingerprint density at radius 1 is 0.183 bits per heavy atom. The second-order valence-electron chi connectivity index (χ2n) is 26.3. The van der Waals surface area contributed by atoms with E-state index in [1.807, 2.05) is 0 Å². The van der Waals surface area contributed by atoms with Gasteiger partial charge in [-0.15, -0.1) is 5.19 Å². The van der Waals surface area contributed by atoms with Crippen molar-refractivity contribution in [2.75, 3.05) is 0 Å². The Bertz CT molecular complexity index is 5010. The van der Waals surface area contributed by atoms with Crippen LogP contribution in [-0.2, 0) is 21.7 Å². The number of benzene rings is 15. The second-order valence-corrected chi connectivity index (χ2v) is 29.9. The van der Waals surface area contributed by atoms with E-state index in [4.69, 9.17) is 0 Å². The topological polar surface area (TPSA) is 0 Å². The van der Waals surface area contributed by atoms with Gasteiger partial charge in [-0.25, -0.2) is 0 Å². The number of rotatable bonds is 16. The third-order valence-corrected chi connectivity index (χ3v) is 25.9. The summed E-state index contributed by atoms with van der Waals surface area (Å²) in [6, 6.07) is 144. The first-order chi connectivity index (χ1) is 49.4. The minimum Gasteiger partial charge on any atom is -1.00 e. The van der Waals surface area contributed by atoms with Gasteiger partial charge in [0.25, 0.3) is 0 Å². The summed E-state index contributed by atoms with van der Waals surface area (Å²) < 4.78 is 0. The van der Waals surface area contributed by atoms with E-state index < -0.39 is 8.07 Å². The van der Waals surface area contributed by atoms with Crippen molar-refractivity contribution in [1.29, 1.82) is 0 Å². The van der Waals surface area contributed by atoms with Crippen LogP contribution in [-0.4, -0.2) is 8.07 Å². The van der Waals surface area contributed by atoms with Gasteiger partial charge in [0.1, 0.15) is 8.07 Å². The Balaban J connectivity index is 0.00000254. The van der Waals surface area contributed by atoms with Crippen molar-refractivity contribution in [2.45, 2.75) is 27.7 Å². The Labute approximate surface area is 648 Å². The molecule has 0 nitrogen and oxygen atoms in total. The van der Waals surface area contributed by atoms with Crippen LogP contribution in [0.3, 0.4) is 0 Å². The van der Waals surface area contributed by atoms with E-state index in [-0.39, 0.29) is 58.9 Å². The Morgan fingerprint density at radius 2 is 0.327 bits per heavy atom. The molecule has 0 radical (unpaired) electrons. The van der Waals surface area contributed by atoms with E-state index in [1.54, 1.807) is 0 Å². The van der Waals surface area contributed by atoms with Gasteiger partial charge >= 0.3 is 21.7 Å². The van der Waals surface area contributed by atoms with E-state index in [2.05, 4.69) is 410 Å². The molecule has 0 aliphatic rings. The molecular weight excluding hydrogens is 1370 g/mol. The average Bonchev–Trinajstić information content (AvgIpc) is 1.13. The summed E-state index contributed by atoms with van der Waals surface area (Å²) in [5, 5.41) is 5.25. The maximum absolute atomic E-state index is 4.44. The molecule has 0 heterocycles. The van der Waals surface area contributed by atoms with E-state index in [0.717, 1.165) is 83.5 Å². The summed E-state index contributed by atoms with van der Waals surface area (Å²) in [4.78, 5) is 0. The summed E-state index contributed by atoms with van der Waals surface area (Å²) in [6.45, 7) is 9.72. The van der Waals surface area contributed by atoms with Crippen LogP contribution in [0.4, 0.5) is 0 Å². The summed E-state index contributed by atoms with van der Waals surface area (Å²) in [6.07, 6.45) is 0. The SMILES string of the molecule is Cc1c(C)c(C)[c-]([Si](c2cc(-c3ccccc3)c(-c3ccccc3)c(-c3ccccc3)c2-c2ccccc2)(c2cc(-c3ccccc3)c(-c3ccccc3)c(-c3ccccc3)c2-c2ccccc2)c2cc(-c3ccccc3)c(-c3ccccc3)c(-c3ccccc3)c2-c2ccccc2)c1C.[Cl-].[Cl-].[Cl-].[Ti+4]. The average molecular weight is 1450 g/mol. The fourth-order valence-corrected chi connectivity index (χ4v) is 22.4. The molecule has 0 unspecified atom stereocenters. The van der Waals surface area contributed by atoms with Gasteiger partial charge in [0, 0.05) is 0 Å². The number of hydrogen-bond acceptors (Lipinski definition) is 0. The monoisotopic (exact) mass is 1440 g/mol. The molecule has 16 rings (SSSR count). The molecule has 0 aliphatic heterocycles. The van der Waals surface area contributed by atoms with Crippen LogP contribution >= 0.6 is 0 Å². The second kappa shape index (κ2) is 32.4. The molecule has 0 saturated carbocycles. The summed E-state index contributed by atoms with van der Waals surface area (Å²) >= 11 is 0. The van der Waals surface area contributed by atoms with Crippen molar-refractivity contribution in [1.82, 2.24) is 0 Å². The predicted molar refractivity (Wildman–Crippen MR) is 430 cm³/mol. The first-order valence-corrected chi connectivity index (χ1v) is 36.9. The van der Waals surface area contributed by atoms with Gasteiger partial charge in [0.05, 0.1) is 0 Å². The van der Waals surface area contributed by atoms with Gasteiger partial charge in [-0.2, -0.15) is 22.3 Å². The predicted octanol–water partition coefficient (Wildman–Crippen LogP) is 15.0. The Morgan fingerprint density at radius 3 is 0.500 bits per heavy atom. The van der Waals surface area contributed by atoms with E-state index in [1.165, 1.54) is 93.1 Å². The molecule has 500 valence electrons. The summed E-state index contributed by atoms with van der Waals surface area (Å²) in [5.41, 5.74) is 33.1. The van der Waals surface area contributed by atoms with Crippen molar-refractivity contribution in [3.05, 3.63) is 404 Å². The van der Waals surface area contributed by atoms with Crippen molar-refractivity contribution in [3.63, 3.8) is 0 Å². The molecule has 0 aromatic heterocycles. The van der Waals surface area contributed by atoms with Crippen molar-refractivity contribution >= 4 is 28.8 Å². The Kier molecular flexibility index (Phi) is 22.8. The summed E-state index contributed by atoms with van der Waals surface area (Å²) in [7, 11) is -4.44. The third-order valence-electron chi connectivity index (χ3n) is 20.8. The van der Waals surface area contributed by atoms with Gasteiger partial charge < -0.3 is 37.2 Å². The van der Waals surface area contributed by atoms with Crippen LogP contribution < -0.4 is 58.0 Å². The van der Waals surface area contributed by atoms with Gasteiger partial charge in [-0.1, -0.05) is 410 Å². The standard InChI is InChI=1S/C99H75Si.3ClH.Ti/c1-68-69(2)71(4)99(70(68)3)100(87-65-84(72-41-17-5-18-42-72)90(75-47-23-8-24-48-75)96(81-59-35-14-36-60-81)93(87)78-53-29-11-30-54-78,88-66-85(73-43-19-6-20-44-73)91(76-49-25-9-26-50-76)97(82-61-37-15-38-62-82)94(88)79-55-31-12-32-56-79)89-67-86(74-45-21-7-22-46-74)92(77-51-27-10-28-52-77)98(83-63-39-16-40-64-83)95(89)80-57-33-13-34-58-80;;;;/h5-67H,1-4H3;3*1H;/q-1;;;;+4/p-3. The molecule has 0 N–H and O–H groups in total. The van der Waals surface area contributed by atoms with E-state index in [9.17, 15) is 0 Å². The zero-order chi connectivity index (χ0) is 67.5. The molecular formula is C99H75Cl3SiTi. The zero-order valence-corrected chi connectivity index (χ0v) is 63.3. The fraction of sp³-hybridized carbons (Fsp3) is 0.0404. The van der Waals surface area contributed by atoms with Crippen molar-refractivity contribution in [3.8, 4) is 134 Å². The van der Waals surface area contributed by atoms with Gasteiger partial charge in [-0.3, -0.25) is 0 Å². The molecule has 104 heavy (non-hydrogen) atoms. The maximum Gasteiger partial charge on any atom is 4.00 e. The van der Waals surface area contributed by atoms with Crippen molar-refractivity contribution < 1.29 is 58.9 Å². The molecule has 16 aromatic rings. The number of hydrogen-bond donors (Lipinski definition) is 0. The largest absolute Gasteiger partial charge is 4.00 e. The maximum atomic E-state index is 2.74. The number of halogens is 3. The normalized spacial score (nSPS) is 11.0. The smallest absolute Gasteiger partial charge is 1.00 e. The minimum absolute atomic E-state index is 0. The molecule has 0 fully saturated rings. The molecule has 5 heteroatoms. The van der Waals surface area contributed by atoms with E-state index in [0.29, 0.717) is 0 Å².